The Morgan fingerprint density at radius 1 is 1.30 bits per heavy atom. The molecule has 0 aliphatic carbocycles. The Labute approximate surface area is 173 Å². The molecule has 0 spiro atoms. The van der Waals surface area contributed by atoms with E-state index in [4.69, 9.17) is 5.11 Å². The maximum absolute atomic E-state index is 11.9. The predicted octanol–water partition coefficient (Wildman–Crippen LogP) is 0.713. The van der Waals surface area contributed by atoms with Gasteiger partial charge in [0.1, 0.15) is 5.41 Å². The number of carbonyl (C=O) groups is 2. The zero-order valence-corrected chi connectivity index (χ0v) is 14.2. The molecule has 0 radical (unpaired) electrons. The van der Waals surface area contributed by atoms with E-state index >= 15 is 0 Å². The van der Waals surface area contributed by atoms with Gasteiger partial charge in [-0.2, -0.15) is 4.99 Å². The predicted molar refractivity (Wildman–Crippen MR) is 97.7 cm³/mol. The molecule has 0 aromatic rings. The molecule has 1 heterocycles. The number of aliphatic hydroxyl groups excluding tert-OH is 1. The first-order valence-electron chi connectivity index (χ1n) is 5.62. The second-order valence-corrected chi connectivity index (χ2v) is 4.21. The van der Waals surface area contributed by atoms with Gasteiger partial charge in [0.15, 0.2) is 17.4 Å². The van der Waals surface area contributed by atoms with E-state index < -0.39 is 23.3 Å². The first kappa shape index (κ1) is 29.2. The monoisotopic (exact) mass is 440 g/mol. The molecule has 20 heavy (non-hydrogen) atoms. The molecule has 0 saturated heterocycles. The maximum atomic E-state index is 11.9. The van der Waals surface area contributed by atoms with Crippen molar-refractivity contribution < 1.29 is 14.7 Å². The second-order valence-electron chi connectivity index (χ2n) is 4.21. The normalized spacial score (nSPS) is 21.9. The van der Waals surface area contributed by atoms with Crippen LogP contribution in [0, 0.1) is 11.3 Å². The molecule has 0 bridgehead atoms. The number of carbonyl (C=O) groups excluding carboxylic acids is 2. The molecule has 2 amide bonds. The zero-order valence-electron chi connectivity index (χ0n) is 10.7. The van der Waals surface area contributed by atoms with Crippen LogP contribution in [-0.4, -0.2) is 69.9 Å². The fraction of sp³-hybridized carbons (Fsp3) is 0.727. The Kier molecular flexibility index (Phi) is 18.4. The minimum absolute atomic E-state index is 0. The molecule has 0 aromatic heterocycles. The van der Waals surface area contributed by atoms with E-state index in [1.54, 1.807) is 6.92 Å². The van der Waals surface area contributed by atoms with Crippen molar-refractivity contribution in [1.82, 2.24) is 5.32 Å². The van der Waals surface area contributed by atoms with Gasteiger partial charge in [0, 0.05) is 0 Å². The molecule has 114 valence electrons. The van der Waals surface area contributed by atoms with Gasteiger partial charge in [-0.3, -0.25) is 14.9 Å². The fourth-order valence-electron chi connectivity index (χ4n) is 2.31. The van der Waals surface area contributed by atoms with Gasteiger partial charge in [-0.1, -0.05) is 27.2 Å². The van der Waals surface area contributed by atoms with Gasteiger partial charge in [0.05, 0.1) is 0 Å². The van der Waals surface area contributed by atoms with Crippen LogP contribution in [0.3, 0.4) is 0 Å². The Bertz CT molecular complexity index is 359. The van der Waals surface area contributed by atoms with Gasteiger partial charge in [-0.05, 0) is 18.8 Å². The zero-order chi connectivity index (χ0) is 12.3. The molecule has 5 nitrogen and oxygen atoms in total. The summed E-state index contributed by atoms with van der Waals surface area (Å²) in [6.07, 6.45) is 2.08. The van der Waals surface area contributed by atoms with Crippen molar-refractivity contribution >= 4 is 98.7 Å². The van der Waals surface area contributed by atoms with Crippen LogP contribution in [0.1, 0.15) is 40.0 Å². The number of nitrogens with zero attached hydrogens (tertiary/aromatic N) is 1. The van der Waals surface area contributed by atoms with Crippen LogP contribution in [-0.2, 0) is 9.59 Å². The van der Waals surface area contributed by atoms with E-state index in [9.17, 15) is 9.59 Å². The number of aliphatic imine (C=N–C) groups is 1. The van der Waals surface area contributed by atoms with Crippen LogP contribution in [0.15, 0.2) is 4.99 Å². The molecule has 0 fully saturated rings. The average Bonchev–Trinajstić information content (AvgIpc) is 2.18. The SMILES string of the molecule is Br.Br.CCCC(C)C1(CC)C(=O)N=C(O)NC1=O.[AlH3].[NaH]. The first-order valence-corrected chi connectivity index (χ1v) is 5.62. The molecule has 9 heteroatoms. The summed E-state index contributed by atoms with van der Waals surface area (Å²) in [6.45, 7) is 5.68. The fourth-order valence-corrected chi connectivity index (χ4v) is 2.31. The van der Waals surface area contributed by atoms with Crippen molar-refractivity contribution in [2.75, 3.05) is 0 Å². The van der Waals surface area contributed by atoms with Crippen LogP contribution >= 0.6 is 34.0 Å². The summed E-state index contributed by atoms with van der Waals surface area (Å²) in [5.74, 6) is -1.04. The van der Waals surface area contributed by atoms with Crippen molar-refractivity contribution in [3.8, 4) is 0 Å². The van der Waals surface area contributed by atoms with Crippen LogP contribution in [0.25, 0.3) is 0 Å². The van der Waals surface area contributed by atoms with Crippen LogP contribution in [0.4, 0.5) is 0 Å². The summed E-state index contributed by atoms with van der Waals surface area (Å²) in [5, 5.41) is 11.3. The van der Waals surface area contributed by atoms with E-state index in [1.807, 2.05) is 13.8 Å². The summed E-state index contributed by atoms with van der Waals surface area (Å²) in [6, 6.07) is -0.595. The van der Waals surface area contributed by atoms with Crippen molar-refractivity contribution in [3.63, 3.8) is 0 Å². The van der Waals surface area contributed by atoms with E-state index in [1.165, 1.54) is 0 Å². The van der Waals surface area contributed by atoms with E-state index in [2.05, 4.69) is 10.3 Å². The van der Waals surface area contributed by atoms with E-state index in [-0.39, 0.29) is 86.8 Å². The van der Waals surface area contributed by atoms with Crippen LogP contribution < -0.4 is 5.32 Å². The number of hydrogen-bond acceptors (Lipinski definition) is 2. The van der Waals surface area contributed by atoms with Crippen molar-refractivity contribution in [3.05, 3.63) is 0 Å². The minimum atomic E-state index is -1.11. The molecule has 2 unspecified atom stereocenters. The van der Waals surface area contributed by atoms with E-state index in [0.29, 0.717) is 6.42 Å². The van der Waals surface area contributed by atoms with Crippen molar-refractivity contribution in [2.24, 2.45) is 16.3 Å². The number of aliphatic hydroxyl groups is 1. The summed E-state index contributed by atoms with van der Waals surface area (Å²) < 4.78 is 0. The van der Waals surface area contributed by atoms with Crippen LogP contribution in [0.2, 0.25) is 0 Å². The quantitative estimate of drug-likeness (QED) is 0.498. The molecule has 2 N–H and O–H groups in total. The number of amidine groups is 1. The van der Waals surface area contributed by atoms with E-state index in [0.717, 1.165) is 12.8 Å². The number of amides is 2. The standard InChI is InChI=1S/C11H18N2O3.Al.2BrH.Na.4H/c1-4-6-7(3)11(5-2)8(14)12-10(16)13-9(11)15;;;;;;;;/h7H,4-6H2,1-3H3,(H2,12,13,14,15,16);;2*1H;;;;;. The number of rotatable bonds is 4. The molecule has 1 aliphatic rings. The van der Waals surface area contributed by atoms with Gasteiger partial charge in [0.2, 0.25) is 5.91 Å². The van der Waals surface area contributed by atoms with Crippen molar-refractivity contribution in [2.45, 2.75) is 40.0 Å². The molecule has 2 atom stereocenters. The number of halogens is 2. The first-order chi connectivity index (χ1) is 7.48. The third-order valence-corrected chi connectivity index (χ3v) is 3.34. The molecule has 0 saturated carbocycles. The Morgan fingerprint density at radius 3 is 2.15 bits per heavy atom. The second kappa shape index (κ2) is 12.6. The Balaban J connectivity index is -0.000000320. The topological polar surface area (TPSA) is 78.8 Å². The van der Waals surface area contributed by atoms with Gasteiger partial charge in [-0.15, -0.1) is 34.0 Å². The summed E-state index contributed by atoms with van der Waals surface area (Å²) in [4.78, 5) is 27.2. The number of hydrogen-bond donors (Lipinski definition) is 2. The average molecular weight is 442 g/mol. The number of nitrogens with one attached hydrogen (secondary N) is 1. The van der Waals surface area contributed by atoms with Crippen LogP contribution in [0.5, 0.6) is 0 Å². The van der Waals surface area contributed by atoms with Gasteiger partial charge in [-0.25, -0.2) is 0 Å². The Morgan fingerprint density at radius 2 is 1.80 bits per heavy atom. The van der Waals surface area contributed by atoms with Gasteiger partial charge < -0.3 is 5.11 Å². The molecule has 1 rings (SSSR count). The summed E-state index contributed by atoms with van der Waals surface area (Å²) >= 11 is 0. The summed E-state index contributed by atoms with van der Waals surface area (Å²) in [5.41, 5.74) is -1.11. The van der Waals surface area contributed by atoms with Gasteiger partial charge >= 0.3 is 29.6 Å². The van der Waals surface area contributed by atoms with Crippen molar-refractivity contribution in [1.29, 1.82) is 0 Å². The third-order valence-electron chi connectivity index (χ3n) is 3.34. The molecule has 1 aliphatic heterocycles. The molecular weight excluding hydrogens is 418 g/mol. The Hall–Kier alpha value is 1.10. The molecular formula is C11H24AlBr2N2NaO3. The van der Waals surface area contributed by atoms with Gasteiger partial charge in [0.25, 0.3) is 11.9 Å². The third kappa shape index (κ3) is 5.71. The molecule has 0 aromatic carbocycles. The summed E-state index contributed by atoms with van der Waals surface area (Å²) in [7, 11) is 0.